The lowest BCUT2D eigenvalue weighted by Gasteiger charge is -2.21. The number of carbonyl (C=O) groups excluding carboxylic acids is 3. The number of likely N-dealkylation sites (tertiary alicyclic amines) is 1. The van der Waals surface area contributed by atoms with Gasteiger partial charge in [-0.15, -0.1) is 0 Å². The van der Waals surface area contributed by atoms with Gasteiger partial charge in [0, 0.05) is 40.5 Å². The molecule has 5 N–H and O–H groups in total. The van der Waals surface area contributed by atoms with Gasteiger partial charge >= 0.3 is 0 Å². The van der Waals surface area contributed by atoms with Gasteiger partial charge in [-0.2, -0.15) is 0 Å². The third kappa shape index (κ3) is 6.59. The minimum Gasteiger partial charge on any atom is -0.495 e. The quantitative estimate of drug-likeness (QED) is 0.156. The van der Waals surface area contributed by atoms with E-state index in [0.29, 0.717) is 46.9 Å². The summed E-state index contributed by atoms with van der Waals surface area (Å²) in [7, 11) is 3.18. The van der Waals surface area contributed by atoms with Gasteiger partial charge in [0.05, 0.1) is 29.7 Å². The van der Waals surface area contributed by atoms with Crippen LogP contribution in [0.2, 0.25) is 0 Å². The number of nitrogens with zero attached hydrogens (tertiary/aromatic N) is 1. The molecule has 43 heavy (non-hydrogen) atoms. The Labute approximate surface area is 263 Å². The Morgan fingerprint density at radius 3 is 2.23 bits per heavy atom. The summed E-state index contributed by atoms with van der Waals surface area (Å²) in [5.74, 6) is -0.200. The molecule has 0 aliphatic carbocycles. The number of nitrogens with two attached hydrogens (primary N) is 1. The van der Waals surface area contributed by atoms with Crippen molar-refractivity contribution in [2.45, 2.75) is 12.8 Å². The van der Waals surface area contributed by atoms with E-state index in [9.17, 15) is 14.4 Å². The smallest absolute Gasteiger partial charge is 0.254 e. The van der Waals surface area contributed by atoms with Gasteiger partial charge in [0.1, 0.15) is 5.75 Å². The van der Waals surface area contributed by atoms with Crippen molar-refractivity contribution in [3.8, 4) is 16.9 Å². The fraction of sp³-hybridized carbons (Fsp3) is 0.182. The van der Waals surface area contributed by atoms with Gasteiger partial charge in [-0.25, -0.2) is 0 Å². The topological polar surface area (TPSA) is 126 Å². The summed E-state index contributed by atoms with van der Waals surface area (Å²) >= 11 is 2.23. The van der Waals surface area contributed by atoms with E-state index in [1.165, 1.54) is 0 Å². The van der Waals surface area contributed by atoms with Crippen LogP contribution in [0.15, 0.2) is 78.9 Å². The fourth-order valence-electron chi connectivity index (χ4n) is 5.10. The van der Waals surface area contributed by atoms with Crippen molar-refractivity contribution < 1.29 is 19.1 Å². The van der Waals surface area contributed by atoms with Crippen molar-refractivity contribution in [3.05, 3.63) is 99.1 Å². The number of carbonyl (C=O) groups is 3. The second kappa shape index (κ2) is 13.2. The van der Waals surface area contributed by atoms with Crippen LogP contribution in [0.4, 0.5) is 22.7 Å². The molecule has 220 valence electrons. The molecule has 1 saturated heterocycles. The van der Waals surface area contributed by atoms with E-state index < -0.39 is 5.91 Å². The number of amides is 3. The normalized spacial score (nSPS) is 12.5. The predicted molar refractivity (Wildman–Crippen MR) is 178 cm³/mol. The highest BCUT2D eigenvalue weighted by Gasteiger charge is 2.25. The molecule has 0 radical (unpaired) electrons. The number of hydrogen-bond donors (Lipinski definition) is 4. The van der Waals surface area contributed by atoms with E-state index in [-0.39, 0.29) is 11.8 Å². The lowest BCUT2D eigenvalue weighted by molar-refractivity contribution is 0.0793. The first-order valence-electron chi connectivity index (χ1n) is 13.8. The zero-order valence-corrected chi connectivity index (χ0v) is 26.0. The number of halogens is 1. The maximum Gasteiger partial charge on any atom is 0.254 e. The van der Waals surface area contributed by atoms with E-state index in [0.717, 1.165) is 38.9 Å². The van der Waals surface area contributed by atoms with Gasteiger partial charge in [0.25, 0.3) is 17.7 Å². The second-order valence-electron chi connectivity index (χ2n) is 10.1. The third-order valence-electron chi connectivity index (χ3n) is 7.36. The lowest BCUT2D eigenvalue weighted by Crippen LogP contribution is -2.28. The Hall–Kier alpha value is -4.58. The summed E-state index contributed by atoms with van der Waals surface area (Å²) < 4.78 is 6.73. The molecule has 0 unspecified atom stereocenters. The zero-order valence-electron chi connectivity index (χ0n) is 23.9. The minimum atomic E-state index is -0.518. The van der Waals surface area contributed by atoms with Crippen LogP contribution >= 0.6 is 22.6 Å². The highest BCUT2D eigenvalue weighted by Crippen LogP contribution is 2.38. The van der Waals surface area contributed by atoms with Gasteiger partial charge in [0.15, 0.2) is 0 Å². The van der Waals surface area contributed by atoms with Gasteiger partial charge in [-0.05, 0) is 101 Å². The monoisotopic (exact) mass is 689 g/mol. The van der Waals surface area contributed by atoms with Crippen molar-refractivity contribution >= 4 is 63.1 Å². The maximum absolute atomic E-state index is 13.8. The number of nitrogens with one attached hydrogen (secondary N) is 3. The van der Waals surface area contributed by atoms with Crippen molar-refractivity contribution in [2.24, 2.45) is 5.73 Å². The summed E-state index contributed by atoms with van der Waals surface area (Å²) in [5.41, 5.74) is 11.3. The Kier molecular flexibility index (Phi) is 9.15. The van der Waals surface area contributed by atoms with E-state index >= 15 is 0 Å². The lowest BCUT2D eigenvalue weighted by atomic mass is 9.96. The van der Waals surface area contributed by atoms with Gasteiger partial charge in [-0.3, -0.25) is 14.4 Å². The van der Waals surface area contributed by atoms with Gasteiger partial charge in [0.2, 0.25) is 0 Å². The number of rotatable bonds is 9. The molecule has 4 aromatic carbocycles. The SMILES string of the molecule is CNC(=O)c1ccc(-c2cc(OC)c(Nc3ccc(I)c(Nc4ccccc4C(N)=O)c3)cc2C(=O)N2CCCC2)cc1. The summed E-state index contributed by atoms with van der Waals surface area (Å²) in [6.45, 7) is 1.42. The molecule has 9 nitrogen and oxygen atoms in total. The Bertz CT molecular complexity index is 1680. The molecular formula is C33H32IN5O4. The summed E-state index contributed by atoms with van der Waals surface area (Å²) in [4.78, 5) is 39.7. The number of benzene rings is 4. The van der Waals surface area contributed by atoms with Crippen LogP contribution in [0.5, 0.6) is 5.75 Å². The number of para-hydroxylation sites is 1. The second-order valence-corrected chi connectivity index (χ2v) is 11.3. The van der Waals surface area contributed by atoms with Crippen LogP contribution in [0.1, 0.15) is 43.9 Å². The highest BCUT2D eigenvalue weighted by atomic mass is 127. The third-order valence-corrected chi connectivity index (χ3v) is 8.30. The van der Waals surface area contributed by atoms with Gasteiger partial charge < -0.3 is 31.3 Å². The highest BCUT2D eigenvalue weighted by molar-refractivity contribution is 14.1. The number of anilines is 4. The summed E-state index contributed by atoms with van der Waals surface area (Å²) in [6, 6.07) is 23.7. The van der Waals surface area contributed by atoms with Crippen molar-refractivity contribution in [2.75, 3.05) is 37.9 Å². The number of primary amides is 1. The standard InChI is InChI=1S/C33H32IN5O4/c1-36-32(41)21-11-9-20(10-12-21)24-19-30(43-2)29(18-25(24)33(42)39-15-5-6-16-39)37-22-13-14-26(34)28(17-22)38-27-8-4-3-7-23(27)31(35)40/h3-4,7-14,17-19,37-38H,5-6,15-16H2,1-2H3,(H2,35,40)(H,36,41). The average Bonchev–Trinajstić information content (AvgIpc) is 3.57. The molecule has 3 amide bonds. The van der Waals surface area contributed by atoms with Crippen molar-refractivity contribution in [3.63, 3.8) is 0 Å². The van der Waals surface area contributed by atoms with E-state index in [4.69, 9.17) is 10.5 Å². The Morgan fingerprint density at radius 2 is 1.56 bits per heavy atom. The van der Waals surface area contributed by atoms with E-state index in [2.05, 4.69) is 38.5 Å². The largest absolute Gasteiger partial charge is 0.495 e. The Balaban J connectivity index is 1.53. The van der Waals surface area contributed by atoms with Crippen LogP contribution in [-0.4, -0.2) is 49.9 Å². The number of methoxy groups -OCH3 is 1. The number of ether oxygens (including phenoxy) is 1. The van der Waals surface area contributed by atoms with Crippen LogP contribution in [0, 0.1) is 3.57 Å². The predicted octanol–water partition coefficient (Wildman–Crippen LogP) is 6.15. The van der Waals surface area contributed by atoms with E-state index in [1.807, 2.05) is 53.4 Å². The van der Waals surface area contributed by atoms with Crippen LogP contribution in [-0.2, 0) is 0 Å². The van der Waals surface area contributed by atoms with Crippen molar-refractivity contribution in [1.82, 2.24) is 10.2 Å². The number of hydrogen-bond acceptors (Lipinski definition) is 6. The van der Waals surface area contributed by atoms with Crippen LogP contribution in [0.3, 0.4) is 0 Å². The molecular weight excluding hydrogens is 657 g/mol. The molecule has 5 rings (SSSR count). The van der Waals surface area contributed by atoms with Crippen molar-refractivity contribution in [1.29, 1.82) is 0 Å². The molecule has 0 bridgehead atoms. The molecule has 0 atom stereocenters. The maximum atomic E-state index is 13.8. The summed E-state index contributed by atoms with van der Waals surface area (Å²) in [6.07, 6.45) is 1.95. The fourth-order valence-corrected chi connectivity index (χ4v) is 5.57. The molecule has 0 aromatic heterocycles. The van der Waals surface area contributed by atoms with E-state index in [1.54, 1.807) is 44.5 Å². The first-order chi connectivity index (χ1) is 20.8. The molecule has 4 aromatic rings. The van der Waals surface area contributed by atoms with Gasteiger partial charge in [-0.1, -0.05) is 24.3 Å². The zero-order chi connectivity index (χ0) is 30.5. The Morgan fingerprint density at radius 1 is 0.837 bits per heavy atom. The first kappa shape index (κ1) is 29.9. The average molecular weight is 690 g/mol. The van der Waals surface area contributed by atoms with Crippen LogP contribution < -0.4 is 26.4 Å². The molecule has 1 fully saturated rings. The molecule has 0 saturated carbocycles. The molecule has 10 heteroatoms. The molecule has 1 aliphatic rings. The minimum absolute atomic E-state index is 0.0541. The molecule has 1 aliphatic heterocycles. The molecule has 1 heterocycles. The summed E-state index contributed by atoms with van der Waals surface area (Å²) in [5, 5.41) is 9.38. The van der Waals surface area contributed by atoms with Crippen LogP contribution in [0.25, 0.3) is 11.1 Å². The molecule has 0 spiro atoms. The first-order valence-corrected chi connectivity index (χ1v) is 14.9.